The third-order valence-corrected chi connectivity index (χ3v) is 6.20. The van der Waals surface area contributed by atoms with Crippen LogP contribution >= 0.6 is 0 Å². The van der Waals surface area contributed by atoms with Crippen molar-refractivity contribution in [1.82, 2.24) is 4.90 Å². The van der Waals surface area contributed by atoms with E-state index in [0.717, 1.165) is 32.4 Å². The van der Waals surface area contributed by atoms with E-state index >= 15 is 0 Å². The minimum absolute atomic E-state index is 0.0421. The molecule has 1 heterocycles. The normalized spacial score (nSPS) is 29.1. The molecule has 2 rings (SSSR count). The first-order valence-corrected chi connectivity index (χ1v) is 9.76. The van der Waals surface area contributed by atoms with Gasteiger partial charge in [-0.05, 0) is 49.5 Å². The zero-order valence-electron chi connectivity index (χ0n) is 13.2. The van der Waals surface area contributed by atoms with Gasteiger partial charge in [0, 0.05) is 18.8 Å². The van der Waals surface area contributed by atoms with Crippen LogP contribution < -0.4 is 0 Å². The van der Waals surface area contributed by atoms with E-state index in [9.17, 15) is 8.42 Å². The molecular formula is C16H29NO2S. The second-order valence-corrected chi connectivity index (χ2v) is 9.81. The van der Waals surface area contributed by atoms with Crippen molar-refractivity contribution in [3.63, 3.8) is 0 Å². The zero-order valence-corrected chi connectivity index (χ0v) is 14.0. The first-order chi connectivity index (χ1) is 9.18. The van der Waals surface area contributed by atoms with E-state index in [1.54, 1.807) is 0 Å². The topological polar surface area (TPSA) is 37.4 Å². The molecule has 1 aliphatic heterocycles. The van der Waals surface area contributed by atoms with Crippen LogP contribution in [0.5, 0.6) is 0 Å². The summed E-state index contributed by atoms with van der Waals surface area (Å²) in [6, 6.07) is 0.505. The van der Waals surface area contributed by atoms with Crippen LogP contribution in [0.3, 0.4) is 0 Å². The SMILES string of the molecule is C=CCC1N(CC2(CS(C)(=O)=O)CC2)CCCC1(C)C. The molecule has 1 saturated carbocycles. The Morgan fingerprint density at radius 2 is 1.95 bits per heavy atom. The highest BCUT2D eigenvalue weighted by atomic mass is 32.2. The molecule has 0 bridgehead atoms. The van der Waals surface area contributed by atoms with E-state index < -0.39 is 9.84 Å². The van der Waals surface area contributed by atoms with Gasteiger partial charge in [-0.2, -0.15) is 0 Å². The quantitative estimate of drug-likeness (QED) is 0.708. The van der Waals surface area contributed by atoms with Gasteiger partial charge >= 0.3 is 0 Å². The first-order valence-electron chi connectivity index (χ1n) is 7.70. The fourth-order valence-electron chi connectivity index (χ4n) is 3.88. The van der Waals surface area contributed by atoms with Crippen molar-refractivity contribution >= 4 is 9.84 Å². The molecule has 2 fully saturated rings. The van der Waals surface area contributed by atoms with Crippen molar-refractivity contribution in [1.29, 1.82) is 0 Å². The third-order valence-electron chi connectivity index (χ3n) is 5.06. The summed E-state index contributed by atoms with van der Waals surface area (Å²) in [4.78, 5) is 2.54. The van der Waals surface area contributed by atoms with E-state index in [-0.39, 0.29) is 5.41 Å². The Morgan fingerprint density at radius 3 is 2.45 bits per heavy atom. The van der Waals surface area contributed by atoms with Gasteiger partial charge in [0.15, 0.2) is 0 Å². The molecule has 0 aromatic heterocycles. The Kier molecular flexibility index (Phi) is 4.37. The summed E-state index contributed by atoms with van der Waals surface area (Å²) in [5, 5.41) is 0. The van der Waals surface area contributed by atoms with Crippen LogP contribution in [0.1, 0.15) is 46.0 Å². The zero-order chi connectivity index (χ0) is 15.0. The minimum atomic E-state index is -2.88. The van der Waals surface area contributed by atoms with E-state index in [2.05, 4.69) is 25.3 Å². The molecule has 3 nitrogen and oxygen atoms in total. The molecule has 20 heavy (non-hydrogen) atoms. The summed E-state index contributed by atoms with van der Waals surface area (Å²) in [7, 11) is -2.88. The molecule has 1 unspecified atom stereocenters. The molecule has 0 spiro atoms. The molecule has 4 heteroatoms. The van der Waals surface area contributed by atoms with Gasteiger partial charge in [-0.15, -0.1) is 6.58 Å². The maximum Gasteiger partial charge on any atom is 0.148 e. The lowest BCUT2D eigenvalue weighted by Crippen LogP contribution is -2.51. The Bertz CT molecular complexity index is 463. The fourth-order valence-corrected chi connectivity index (χ4v) is 5.37. The number of rotatable bonds is 6. The van der Waals surface area contributed by atoms with Gasteiger partial charge in [0.05, 0.1) is 5.75 Å². The van der Waals surface area contributed by atoms with E-state index in [1.807, 2.05) is 6.08 Å². The highest BCUT2D eigenvalue weighted by molar-refractivity contribution is 7.90. The molecular weight excluding hydrogens is 270 g/mol. The van der Waals surface area contributed by atoms with Gasteiger partial charge in [-0.3, -0.25) is 4.90 Å². The molecule has 1 aliphatic carbocycles. The first kappa shape index (κ1) is 16.0. The van der Waals surface area contributed by atoms with Crippen molar-refractivity contribution in [3.8, 4) is 0 Å². The highest BCUT2D eigenvalue weighted by Crippen LogP contribution is 2.49. The van der Waals surface area contributed by atoms with E-state index in [1.165, 1.54) is 19.1 Å². The number of likely N-dealkylation sites (tertiary alicyclic amines) is 1. The second-order valence-electron chi connectivity index (χ2n) is 7.67. The highest BCUT2D eigenvalue weighted by Gasteiger charge is 2.48. The van der Waals surface area contributed by atoms with Gasteiger partial charge in [0.1, 0.15) is 9.84 Å². The lowest BCUT2D eigenvalue weighted by Gasteiger charge is -2.47. The van der Waals surface area contributed by atoms with Crippen LogP contribution in [0.2, 0.25) is 0 Å². The average Bonchev–Trinajstić information content (AvgIpc) is 3.00. The maximum absolute atomic E-state index is 11.6. The monoisotopic (exact) mass is 299 g/mol. The van der Waals surface area contributed by atoms with Crippen molar-refractivity contribution < 1.29 is 8.42 Å². The number of sulfone groups is 1. The predicted molar refractivity (Wildman–Crippen MR) is 84.6 cm³/mol. The third kappa shape index (κ3) is 3.85. The Morgan fingerprint density at radius 1 is 1.30 bits per heavy atom. The lowest BCUT2D eigenvalue weighted by atomic mass is 9.74. The molecule has 0 N–H and O–H groups in total. The average molecular weight is 299 g/mol. The number of hydrogen-bond donors (Lipinski definition) is 0. The van der Waals surface area contributed by atoms with Gasteiger partial charge < -0.3 is 0 Å². The molecule has 0 amide bonds. The van der Waals surface area contributed by atoms with Crippen molar-refractivity contribution in [2.75, 3.05) is 25.1 Å². The molecule has 1 saturated heterocycles. The number of nitrogens with zero attached hydrogens (tertiary/aromatic N) is 1. The van der Waals surface area contributed by atoms with E-state index in [0.29, 0.717) is 17.2 Å². The smallest absolute Gasteiger partial charge is 0.148 e. The largest absolute Gasteiger partial charge is 0.299 e. The van der Waals surface area contributed by atoms with Crippen LogP contribution in [-0.4, -0.2) is 44.5 Å². The van der Waals surface area contributed by atoms with Gasteiger partial charge in [-0.25, -0.2) is 8.42 Å². The summed E-state index contributed by atoms with van der Waals surface area (Å²) in [5.41, 5.74) is 0.341. The standard InChI is InChI=1S/C16H29NO2S/c1-5-7-14-15(2,3)8-6-11-17(14)12-16(9-10-16)13-20(4,18)19/h5,14H,1,6-13H2,2-4H3. The number of piperidine rings is 1. The van der Waals surface area contributed by atoms with Crippen molar-refractivity contribution in [2.24, 2.45) is 10.8 Å². The van der Waals surface area contributed by atoms with Crippen LogP contribution in [0.25, 0.3) is 0 Å². The van der Waals surface area contributed by atoms with Gasteiger partial charge in [0.2, 0.25) is 0 Å². The van der Waals surface area contributed by atoms with Crippen LogP contribution in [0.15, 0.2) is 12.7 Å². The Labute approximate surface area is 124 Å². The van der Waals surface area contributed by atoms with Crippen LogP contribution in [0, 0.1) is 10.8 Å². The molecule has 1 atom stereocenters. The predicted octanol–water partition coefficient (Wildman–Crippen LogP) is 2.88. The second kappa shape index (κ2) is 5.45. The molecule has 0 radical (unpaired) electrons. The summed E-state index contributed by atoms with van der Waals surface area (Å²) < 4.78 is 23.3. The summed E-state index contributed by atoms with van der Waals surface area (Å²) >= 11 is 0. The van der Waals surface area contributed by atoms with Gasteiger partial charge in [-0.1, -0.05) is 19.9 Å². The van der Waals surface area contributed by atoms with Crippen molar-refractivity contribution in [2.45, 2.75) is 52.0 Å². The fraction of sp³-hybridized carbons (Fsp3) is 0.875. The van der Waals surface area contributed by atoms with Crippen molar-refractivity contribution in [3.05, 3.63) is 12.7 Å². The molecule has 0 aromatic rings. The number of hydrogen-bond acceptors (Lipinski definition) is 3. The van der Waals surface area contributed by atoms with Crippen LogP contribution in [0.4, 0.5) is 0 Å². The summed E-state index contributed by atoms with van der Waals surface area (Å²) in [5.74, 6) is 0.359. The Balaban J connectivity index is 2.08. The lowest BCUT2D eigenvalue weighted by molar-refractivity contribution is 0.0269. The van der Waals surface area contributed by atoms with Crippen LogP contribution in [-0.2, 0) is 9.84 Å². The Hall–Kier alpha value is -0.350. The molecule has 116 valence electrons. The molecule has 2 aliphatic rings. The minimum Gasteiger partial charge on any atom is -0.299 e. The molecule has 0 aromatic carbocycles. The van der Waals surface area contributed by atoms with Gasteiger partial charge in [0.25, 0.3) is 0 Å². The van der Waals surface area contributed by atoms with E-state index in [4.69, 9.17) is 0 Å². The summed E-state index contributed by atoms with van der Waals surface area (Å²) in [6.07, 6.45) is 8.99. The maximum atomic E-state index is 11.6. The summed E-state index contributed by atoms with van der Waals surface area (Å²) in [6.45, 7) is 10.6.